The maximum Gasteiger partial charge on any atom is 0.151 e. The molecular weight excluding hydrogens is 434 g/mol. The van der Waals surface area contributed by atoms with Crippen LogP contribution in [0.2, 0.25) is 5.02 Å². The third kappa shape index (κ3) is 14.6. The monoisotopic (exact) mass is 479 g/mol. The molecule has 5 nitrogen and oxygen atoms in total. The zero-order chi connectivity index (χ0) is 26.6. The lowest BCUT2D eigenvalue weighted by Crippen LogP contribution is -2.25. The number of likely N-dealkylation sites (N-methyl/N-ethyl adjacent to an activating group) is 2. The van der Waals surface area contributed by atoms with Gasteiger partial charge in [-0.25, -0.2) is 0 Å². The van der Waals surface area contributed by atoms with E-state index in [-0.39, 0.29) is 23.7 Å². The van der Waals surface area contributed by atoms with Crippen LogP contribution in [0.3, 0.4) is 0 Å². The third-order valence-electron chi connectivity index (χ3n) is 3.97. The zero-order valence-electron chi connectivity index (χ0n) is 22.8. The molecule has 6 heteroatoms. The van der Waals surface area contributed by atoms with Gasteiger partial charge in [0.1, 0.15) is 0 Å². The van der Waals surface area contributed by atoms with Crippen molar-refractivity contribution in [3.8, 4) is 0 Å². The van der Waals surface area contributed by atoms with E-state index in [9.17, 15) is 9.59 Å². The highest BCUT2D eigenvalue weighted by Gasteiger charge is 2.19. The molecule has 0 aliphatic heterocycles. The van der Waals surface area contributed by atoms with Gasteiger partial charge in [-0.1, -0.05) is 71.3 Å². The molecule has 33 heavy (non-hydrogen) atoms. The minimum atomic E-state index is -0.200. The number of nitrogens with zero attached hydrogens (tertiary/aromatic N) is 3. The van der Waals surface area contributed by atoms with Crippen molar-refractivity contribution in [2.45, 2.75) is 67.5 Å². The highest BCUT2D eigenvalue weighted by atomic mass is 35.5. The highest BCUT2D eigenvalue weighted by Crippen LogP contribution is 2.22. The Labute approximate surface area is 208 Å². The van der Waals surface area contributed by atoms with Crippen LogP contribution in [0.25, 0.3) is 0 Å². The number of pyridine rings is 1. The van der Waals surface area contributed by atoms with E-state index in [0.717, 1.165) is 11.1 Å². The first-order chi connectivity index (χ1) is 15.6. The van der Waals surface area contributed by atoms with Crippen molar-refractivity contribution in [3.63, 3.8) is 0 Å². The van der Waals surface area contributed by atoms with E-state index in [1.165, 1.54) is 0 Å². The first-order valence-electron chi connectivity index (χ1n) is 11.6. The Kier molecular flexibility index (Phi) is 23.4. The fourth-order valence-corrected chi connectivity index (χ4v) is 3.21. The average Bonchev–Trinajstić information content (AvgIpc) is 2.78. The second-order valence-electron chi connectivity index (χ2n) is 6.79. The number of hydrogen-bond donors (Lipinski definition) is 0. The molecule has 2 rings (SSSR count). The van der Waals surface area contributed by atoms with E-state index in [4.69, 9.17) is 11.6 Å². The maximum atomic E-state index is 11.4. The van der Waals surface area contributed by atoms with Crippen molar-refractivity contribution >= 4 is 23.2 Å². The van der Waals surface area contributed by atoms with Gasteiger partial charge in [-0.2, -0.15) is 0 Å². The number of ketones is 2. The molecular formula is C27H46ClN3O2. The van der Waals surface area contributed by atoms with Gasteiger partial charge >= 0.3 is 0 Å². The van der Waals surface area contributed by atoms with Crippen LogP contribution >= 0.6 is 11.6 Å². The minimum Gasteiger partial charge on any atom is -0.298 e. The summed E-state index contributed by atoms with van der Waals surface area (Å²) in [6, 6.07) is 10.8. The van der Waals surface area contributed by atoms with Crippen LogP contribution in [0.4, 0.5) is 0 Å². The molecule has 2 atom stereocenters. The van der Waals surface area contributed by atoms with Crippen LogP contribution in [0.1, 0.15) is 78.6 Å². The minimum absolute atomic E-state index is 0.122. The van der Waals surface area contributed by atoms with Gasteiger partial charge in [0.25, 0.3) is 0 Å². The van der Waals surface area contributed by atoms with Crippen LogP contribution in [-0.2, 0) is 9.59 Å². The molecule has 0 aliphatic carbocycles. The number of Topliss-reactive ketones (excluding diaryl/α,β-unsaturated/α-hetero) is 2. The van der Waals surface area contributed by atoms with Gasteiger partial charge in [0.15, 0.2) is 11.6 Å². The Morgan fingerprint density at radius 3 is 1.52 bits per heavy atom. The van der Waals surface area contributed by atoms with E-state index >= 15 is 0 Å². The molecule has 0 aliphatic rings. The zero-order valence-corrected chi connectivity index (χ0v) is 23.6. The van der Waals surface area contributed by atoms with E-state index in [0.29, 0.717) is 5.02 Å². The molecule has 0 saturated carbocycles. The summed E-state index contributed by atoms with van der Waals surface area (Å²) in [7, 11) is 7.54. The van der Waals surface area contributed by atoms with E-state index in [1.54, 1.807) is 32.3 Å². The molecule has 1 aromatic heterocycles. The van der Waals surface area contributed by atoms with Gasteiger partial charge < -0.3 is 0 Å². The fraction of sp³-hybridized carbons (Fsp3) is 0.519. The molecule has 188 valence electrons. The van der Waals surface area contributed by atoms with Gasteiger partial charge in [0, 0.05) is 17.4 Å². The highest BCUT2D eigenvalue weighted by molar-refractivity contribution is 6.30. The summed E-state index contributed by atoms with van der Waals surface area (Å²) in [5.74, 6) is 0.260. The lowest BCUT2D eigenvalue weighted by molar-refractivity contribution is -0.122. The average molecular weight is 480 g/mol. The van der Waals surface area contributed by atoms with Crippen molar-refractivity contribution in [3.05, 3.63) is 64.9 Å². The molecule has 0 amide bonds. The summed E-state index contributed by atoms with van der Waals surface area (Å²) >= 11 is 5.87. The molecule has 0 fully saturated rings. The number of halogens is 1. The SMILES string of the molecule is CC.CC.CC.CC(=O)C(c1cccc(Cl)c1)N(C)C.CC(=O)C(c1cccnc1)N(C)C. The number of carbonyl (C=O) groups excluding carboxylic acids is 2. The maximum absolute atomic E-state index is 11.4. The standard InChI is InChI=1S/C11H14ClNO.C10H14N2O.3C2H6/c1-8(14)11(13(2)3)9-5-4-6-10(12)7-9;1-8(13)10(12(2)3)9-5-4-6-11-7-9;3*1-2/h4-7,11H,1-3H3;4-7,10H,1-3H3;3*1-2H3. The predicted molar refractivity (Wildman–Crippen MR) is 144 cm³/mol. The molecule has 2 aromatic rings. The van der Waals surface area contributed by atoms with Gasteiger partial charge in [-0.3, -0.25) is 24.4 Å². The molecule has 0 bridgehead atoms. The number of benzene rings is 1. The molecule has 0 spiro atoms. The Morgan fingerprint density at radius 1 is 0.758 bits per heavy atom. The molecule has 1 aromatic carbocycles. The smallest absolute Gasteiger partial charge is 0.151 e. The van der Waals surface area contributed by atoms with Crippen LogP contribution in [0.5, 0.6) is 0 Å². The van der Waals surface area contributed by atoms with Crippen LogP contribution < -0.4 is 0 Å². The van der Waals surface area contributed by atoms with Crippen molar-refractivity contribution in [2.75, 3.05) is 28.2 Å². The number of aromatic nitrogens is 1. The van der Waals surface area contributed by atoms with Crippen molar-refractivity contribution < 1.29 is 9.59 Å². The summed E-state index contributed by atoms with van der Waals surface area (Å²) in [4.78, 5) is 30.5. The van der Waals surface area contributed by atoms with E-state index in [1.807, 2.05) is 110 Å². The number of rotatable bonds is 6. The third-order valence-corrected chi connectivity index (χ3v) is 4.20. The second kappa shape index (κ2) is 21.7. The molecule has 0 saturated heterocycles. The first kappa shape index (κ1) is 35.5. The Hall–Kier alpha value is -2.08. The largest absolute Gasteiger partial charge is 0.298 e. The van der Waals surface area contributed by atoms with E-state index < -0.39 is 0 Å². The topological polar surface area (TPSA) is 53.5 Å². The number of carbonyl (C=O) groups is 2. The van der Waals surface area contributed by atoms with E-state index in [2.05, 4.69) is 4.98 Å². The quantitative estimate of drug-likeness (QED) is 0.451. The van der Waals surface area contributed by atoms with Gasteiger partial charge in [0.2, 0.25) is 0 Å². The van der Waals surface area contributed by atoms with Gasteiger partial charge in [0.05, 0.1) is 12.1 Å². The normalized spacial score (nSPS) is 11.1. The Balaban J connectivity index is -0.000000445. The summed E-state index contributed by atoms with van der Waals surface area (Å²) in [6.07, 6.45) is 3.43. The molecule has 2 unspecified atom stereocenters. The first-order valence-corrected chi connectivity index (χ1v) is 12.0. The predicted octanol–water partition coefficient (Wildman–Crippen LogP) is 6.88. The van der Waals surface area contributed by atoms with Crippen molar-refractivity contribution in [2.24, 2.45) is 0 Å². The van der Waals surface area contributed by atoms with Crippen molar-refractivity contribution in [1.82, 2.24) is 14.8 Å². The van der Waals surface area contributed by atoms with Crippen molar-refractivity contribution in [1.29, 1.82) is 0 Å². The molecule has 1 heterocycles. The Bertz CT molecular complexity index is 750. The lowest BCUT2D eigenvalue weighted by atomic mass is 10.0. The summed E-state index contributed by atoms with van der Waals surface area (Å²) < 4.78 is 0. The second-order valence-corrected chi connectivity index (χ2v) is 7.23. The molecule has 0 radical (unpaired) electrons. The van der Waals surface area contributed by atoms with Crippen LogP contribution in [-0.4, -0.2) is 54.5 Å². The fourth-order valence-electron chi connectivity index (χ4n) is 3.01. The lowest BCUT2D eigenvalue weighted by Gasteiger charge is -2.21. The van der Waals surface area contributed by atoms with Gasteiger partial charge in [-0.15, -0.1) is 0 Å². The summed E-state index contributed by atoms with van der Waals surface area (Å²) in [5.41, 5.74) is 1.88. The summed E-state index contributed by atoms with van der Waals surface area (Å²) in [6.45, 7) is 15.2. The summed E-state index contributed by atoms with van der Waals surface area (Å²) in [5, 5.41) is 0.663. The number of hydrogen-bond acceptors (Lipinski definition) is 5. The van der Waals surface area contributed by atoms with Gasteiger partial charge in [-0.05, 0) is 71.4 Å². The molecule has 0 N–H and O–H groups in total. The van der Waals surface area contributed by atoms with Crippen LogP contribution in [0, 0.1) is 0 Å². The Morgan fingerprint density at radius 2 is 1.18 bits per heavy atom. The van der Waals surface area contributed by atoms with Crippen LogP contribution in [0.15, 0.2) is 48.8 Å².